The molecule has 4 N–H and O–H groups in total. The molecule has 9 heavy (non-hydrogen) atoms. The van der Waals surface area contributed by atoms with Gasteiger partial charge in [0.05, 0.1) is 6.10 Å². The smallest absolute Gasteiger partial charge is 0.143 e. The maximum atomic E-state index is 9.09. The van der Waals surface area contributed by atoms with Crippen LogP contribution in [0.3, 0.4) is 0 Å². The Bertz CT molecular complexity index is 89.0. The average Bonchev–Trinajstić information content (AvgIpc) is 1.83. The van der Waals surface area contributed by atoms with Crippen LogP contribution in [0.2, 0.25) is 0 Å². The Balaban J connectivity index is 2.41. The van der Waals surface area contributed by atoms with Crippen LogP contribution in [0.25, 0.3) is 0 Å². The Kier molecular flexibility index (Phi) is 2.02. The van der Waals surface area contributed by atoms with Crippen molar-refractivity contribution in [3.05, 3.63) is 0 Å². The third kappa shape index (κ3) is 1.40. The van der Waals surface area contributed by atoms with Gasteiger partial charge in [0.25, 0.3) is 0 Å². The fraction of sp³-hybridized carbons (Fsp3) is 1.00. The number of aliphatic hydroxyl groups is 2. The SMILES string of the molecule is CC1CNNC(O)C1O. The normalized spacial score (nSPS) is 45.0. The molecule has 0 saturated carbocycles. The predicted octanol–water partition coefficient (Wildman–Crippen LogP) is -1.59. The Morgan fingerprint density at radius 3 is 2.56 bits per heavy atom. The molecule has 4 heteroatoms. The van der Waals surface area contributed by atoms with Crippen molar-refractivity contribution < 1.29 is 10.2 Å². The number of aliphatic hydroxyl groups excluding tert-OH is 2. The van der Waals surface area contributed by atoms with Crippen LogP contribution in [0.15, 0.2) is 0 Å². The summed E-state index contributed by atoms with van der Waals surface area (Å²) in [6, 6.07) is 0. The highest BCUT2D eigenvalue weighted by Crippen LogP contribution is 2.06. The standard InChI is InChI=1S/C5H12N2O2/c1-3-2-6-7-5(9)4(3)8/h3-9H,2H2,1H3. The lowest BCUT2D eigenvalue weighted by atomic mass is 10.0. The molecule has 1 heterocycles. The molecular formula is C5H12N2O2. The number of hydrogen-bond acceptors (Lipinski definition) is 4. The summed E-state index contributed by atoms with van der Waals surface area (Å²) in [5, 5.41) is 18.0. The van der Waals surface area contributed by atoms with Crippen LogP contribution in [0, 0.1) is 5.92 Å². The number of rotatable bonds is 0. The molecule has 0 aromatic rings. The van der Waals surface area contributed by atoms with Gasteiger partial charge in [0.1, 0.15) is 6.23 Å². The molecule has 1 fully saturated rings. The van der Waals surface area contributed by atoms with Crippen LogP contribution in [0.1, 0.15) is 6.92 Å². The first-order chi connectivity index (χ1) is 4.22. The summed E-state index contributed by atoms with van der Waals surface area (Å²) in [4.78, 5) is 0. The minimum atomic E-state index is -0.825. The van der Waals surface area contributed by atoms with Crippen molar-refractivity contribution in [2.45, 2.75) is 19.3 Å². The molecule has 0 aromatic heterocycles. The average molecular weight is 132 g/mol. The van der Waals surface area contributed by atoms with E-state index in [4.69, 9.17) is 10.2 Å². The quantitative estimate of drug-likeness (QED) is 0.321. The molecule has 0 aromatic carbocycles. The van der Waals surface area contributed by atoms with Gasteiger partial charge in [-0.05, 0) is 5.92 Å². The van der Waals surface area contributed by atoms with Gasteiger partial charge in [-0.15, -0.1) is 0 Å². The number of hydrogen-bond donors (Lipinski definition) is 4. The molecule has 0 aliphatic carbocycles. The first kappa shape index (κ1) is 6.95. The highest BCUT2D eigenvalue weighted by atomic mass is 16.3. The van der Waals surface area contributed by atoms with E-state index in [1.165, 1.54) is 0 Å². The maximum Gasteiger partial charge on any atom is 0.143 e. The van der Waals surface area contributed by atoms with Crippen LogP contribution in [-0.4, -0.2) is 29.1 Å². The third-order valence-corrected chi connectivity index (χ3v) is 1.58. The van der Waals surface area contributed by atoms with Crippen molar-refractivity contribution in [1.29, 1.82) is 0 Å². The fourth-order valence-corrected chi connectivity index (χ4v) is 0.842. The molecule has 0 radical (unpaired) electrons. The molecule has 54 valence electrons. The van der Waals surface area contributed by atoms with Crippen molar-refractivity contribution in [3.8, 4) is 0 Å². The van der Waals surface area contributed by atoms with Crippen molar-refractivity contribution in [2.24, 2.45) is 5.92 Å². The van der Waals surface area contributed by atoms with E-state index >= 15 is 0 Å². The molecule has 4 nitrogen and oxygen atoms in total. The second-order valence-electron chi connectivity index (χ2n) is 2.44. The molecule has 1 aliphatic rings. The summed E-state index contributed by atoms with van der Waals surface area (Å²) in [6.07, 6.45) is -1.47. The Labute approximate surface area is 53.9 Å². The molecule has 0 spiro atoms. The highest BCUT2D eigenvalue weighted by Gasteiger charge is 2.26. The molecule has 3 atom stereocenters. The lowest BCUT2D eigenvalue weighted by molar-refractivity contribution is -0.0614. The third-order valence-electron chi connectivity index (χ3n) is 1.58. The summed E-state index contributed by atoms with van der Waals surface area (Å²) in [5.41, 5.74) is 5.27. The van der Waals surface area contributed by atoms with E-state index in [0.717, 1.165) is 0 Å². The zero-order valence-electron chi connectivity index (χ0n) is 5.33. The van der Waals surface area contributed by atoms with Gasteiger partial charge in [0.15, 0.2) is 0 Å². The van der Waals surface area contributed by atoms with E-state index < -0.39 is 12.3 Å². The predicted molar refractivity (Wildman–Crippen MR) is 32.3 cm³/mol. The van der Waals surface area contributed by atoms with Crippen LogP contribution >= 0.6 is 0 Å². The fourth-order valence-electron chi connectivity index (χ4n) is 0.842. The van der Waals surface area contributed by atoms with Crippen molar-refractivity contribution >= 4 is 0 Å². The van der Waals surface area contributed by atoms with Gasteiger partial charge in [-0.1, -0.05) is 6.92 Å². The number of hydrazine groups is 1. The second-order valence-corrected chi connectivity index (χ2v) is 2.44. The summed E-state index contributed by atoms with van der Waals surface area (Å²) in [6.45, 7) is 2.57. The highest BCUT2D eigenvalue weighted by molar-refractivity contribution is 4.75. The van der Waals surface area contributed by atoms with Gasteiger partial charge >= 0.3 is 0 Å². The van der Waals surface area contributed by atoms with Gasteiger partial charge in [-0.3, -0.25) is 5.43 Å². The molecule has 1 saturated heterocycles. The first-order valence-corrected chi connectivity index (χ1v) is 3.06. The van der Waals surface area contributed by atoms with Crippen LogP contribution in [0.5, 0.6) is 0 Å². The van der Waals surface area contributed by atoms with Crippen LogP contribution in [-0.2, 0) is 0 Å². The summed E-state index contributed by atoms with van der Waals surface area (Å²) in [5.74, 6) is 0.112. The monoisotopic (exact) mass is 132 g/mol. The second kappa shape index (κ2) is 2.62. The van der Waals surface area contributed by atoms with E-state index in [0.29, 0.717) is 6.54 Å². The summed E-state index contributed by atoms with van der Waals surface area (Å²) < 4.78 is 0. The minimum Gasteiger partial charge on any atom is -0.389 e. The zero-order valence-corrected chi connectivity index (χ0v) is 5.33. The molecular weight excluding hydrogens is 120 g/mol. The van der Waals surface area contributed by atoms with E-state index in [2.05, 4.69) is 10.9 Å². The Hall–Kier alpha value is -0.160. The Morgan fingerprint density at radius 2 is 2.11 bits per heavy atom. The van der Waals surface area contributed by atoms with Gasteiger partial charge in [-0.25, -0.2) is 5.43 Å². The summed E-state index contributed by atoms with van der Waals surface area (Å²) >= 11 is 0. The largest absolute Gasteiger partial charge is 0.389 e. The molecule has 0 bridgehead atoms. The van der Waals surface area contributed by atoms with Crippen molar-refractivity contribution in [1.82, 2.24) is 10.9 Å². The molecule has 0 amide bonds. The van der Waals surface area contributed by atoms with Crippen LogP contribution in [0.4, 0.5) is 0 Å². The minimum absolute atomic E-state index is 0.112. The van der Waals surface area contributed by atoms with E-state index in [1.54, 1.807) is 0 Å². The molecule has 1 rings (SSSR count). The van der Waals surface area contributed by atoms with E-state index in [-0.39, 0.29) is 5.92 Å². The summed E-state index contributed by atoms with van der Waals surface area (Å²) in [7, 11) is 0. The van der Waals surface area contributed by atoms with Crippen molar-refractivity contribution in [2.75, 3.05) is 6.54 Å². The lowest BCUT2D eigenvalue weighted by Crippen LogP contribution is -2.57. The number of nitrogens with one attached hydrogen (secondary N) is 2. The van der Waals surface area contributed by atoms with Crippen molar-refractivity contribution in [3.63, 3.8) is 0 Å². The topological polar surface area (TPSA) is 64.5 Å². The zero-order chi connectivity index (χ0) is 6.85. The van der Waals surface area contributed by atoms with Gasteiger partial charge < -0.3 is 10.2 Å². The van der Waals surface area contributed by atoms with E-state index in [1.807, 2.05) is 6.92 Å². The van der Waals surface area contributed by atoms with Gasteiger partial charge in [-0.2, -0.15) is 0 Å². The van der Waals surface area contributed by atoms with Crippen LogP contribution < -0.4 is 10.9 Å². The van der Waals surface area contributed by atoms with E-state index in [9.17, 15) is 0 Å². The molecule has 3 unspecified atom stereocenters. The van der Waals surface area contributed by atoms with Gasteiger partial charge in [0.2, 0.25) is 0 Å². The molecule has 1 aliphatic heterocycles. The maximum absolute atomic E-state index is 9.09. The Morgan fingerprint density at radius 1 is 1.44 bits per heavy atom. The van der Waals surface area contributed by atoms with Gasteiger partial charge in [0, 0.05) is 6.54 Å². The lowest BCUT2D eigenvalue weighted by Gasteiger charge is -2.30. The first-order valence-electron chi connectivity index (χ1n) is 3.06.